The standard InChI is InChI=1S/C20H19FN2O3/c1-2-12-20(15-6-4-3-5-7-15)18(25)23(19(26)22-20)13-17(24)14-8-10-16(21)11-9-14/h3-11H,2,12-13H2,1H3,(H,22,26)/t20-/m0/s1. The molecule has 3 rings (SSSR count). The van der Waals surface area contributed by atoms with Gasteiger partial charge in [-0.3, -0.25) is 14.5 Å². The number of carbonyl (C=O) groups is 3. The second kappa shape index (κ2) is 7.07. The molecule has 1 aliphatic rings. The average molecular weight is 354 g/mol. The lowest BCUT2D eigenvalue weighted by atomic mass is 9.85. The maximum atomic E-state index is 13.1. The number of imide groups is 1. The zero-order valence-electron chi connectivity index (χ0n) is 14.4. The molecule has 26 heavy (non-hydrogen) atoms. The number of amides is 3. The molecule has 0 unspecified atom stereocenters. The smallest absolute Gasteiger partial charge is 0.319 e. The van der Waals surface area contributed by atoms with Crippen LogP contribution in [-0.2, 0) is 10.3 Å². The van der Waals surface area contributed by atoms with Crippen LogP contribution in [0.5, 0.6) is 0 Å². The molecule has 1 N–H and O–H groups in total. The van der Waals surface area contributed by atoms with Crippen LogP contribution < -0.4 is 5.32 Å². The maximum absolute atomic E-state index is 13.1. The lowest BCUT2D eigenvalue weighted by Gasteiger charge is -2.26. The molecule has 0 radical (unpaired) electrons. The van der Waals surface area contributed by atoms with Crippen molar-refractivity contribution in [3.63, 3.8) is 0 Å². The summed E-state index contributed by atoms with van der Waals surface area (Å²) in [4.78, 5) is 38.9. The fourth-order valence-electron chi connectivity index (χ4n) is 3.25. The van der Waals surface area contributed by atoms with E-state index in [1.807, 2.05) is 13.0 Å². The van der Waals surface area contributed by atoms with Crippen molar-refractivity contribution in [2.75, 3.05) is 6.54 Å². The van der Waals surface area contributed by atoms with Gasteiger partial charge in [-0.15, -0.1) is 0 Å². The molecule has 1 atom stereocenters. The number of rotatable bonds is 6. The predicted molar refractivity (Wildman–Crippen MR) is 94.0 cm³/mol. The number of Topliss-reactive ketones (excluding diaryl/α,β-unsaturated/α-hetero) is 1. The van der Waals surface area contributed by atoms with Crippen molar-refractivity contribution in [1.29, 1.82) is 0 Å². The monoisotopic (exact) mass is 354 g/mol. The summed E-state index contributed by atoms with van der Waals surface area (Å²) in [6.45, 7) is 1.55. The van der Waals surface area contributed by atoms with Crippen LogP contribution in [0.1, 0.15) is 35.7 Å². The molecule has 6 heteroatoms. The molecular formula is C20H19FN2O3. The van der Waals surface area contributed by atoms with Crippen molar-refractivity contribution in [3.05, 3.63) is 71.5 Å². The highest BCUT2D eigenvalue weighted by molar-refractivity contribution is 6.11. The third-order valence-electron chi connectivity index (χ3n) is 4.54. The van der Waals surface area contributed by atoms with Crippen molar-refractivity contribution in [2.24, 2.45) is 0 Å². The van der Waals surface area contributed by atoms with Crippen molar-refractivity contribution in [3.8, 4) is 0 Å². The normalized spacial score (nSPS) is 19.5. The first kappa shape index (κ1) is 17.8. The Morgan fingerprint density at radius 1 is 1.08 bits per heavy atom. The molecule has 3 amide bonds. The zero-order valence-corrected chi connectivity index (χ0v) is 14.4. The third kappa shape index (κ3) is 3.10. The Hall–Kier alpha value is -3.02. The molecule has 0 spiro atoms. The predicted octanol–water partition coefficient (Wildman–Crippen LogP) is 3.26. The highest BCUT2D eigenvalue weighted by Crippen LogP contribution is 2.33. The minimum absolute atomic E-state index is 0.250. The molecule has 0 aromatic heterocycles. The van der Waals surface area contributed by atoms with Crippen molar-refractivity contribution in [1.82, 2.24) is 10.2 Å². The molecule has 2 aromatic carbocycles. The fraction of sp³-hybridized carbons (Fsp3) is 0.250. The first-order valence-electron chi connectivity index (χ1n) is 8.46. The van der Waals surface area contributed by atoms with Gasteiger partial charge in [-0.1, -0.05) is 43.7 Å². The van der Waals surface area contributed by atoms with Crippen molar-refractivity contribution < 1.29 is 18.8 Å². The van der Waals surface area contributed by atoms with E-state index < -0.39 is 29.1 Å². The Bertz CT molecular complexity index is 836. The first-order valence-corrected chi connectivity index (χ1v) is 8.46. The summed E-state index contributed by atoms with van der Waals surface area (Å²) in [5.41, 5.74) is -0.215. The lowest BCUT2D eigenvalue weighted by molar-refractivity contribution is -0.131. The van der Waals surface area contributed by atoms with Crippen LogP contribution >= 0.6 is 0 Å². The van der Waals surface area contributed by atoms with Crippen LogP contribution in [0, 0.1) is 5.82 Å². The summed E-state index contributed by atoms with van der Waals surface area (Å²) >= 11 is 0. The van der Waals surface area contributed by atoms with Crippen LogP contribution in [0.3, 0.4) is 0 Å². The molecule has 1 heterocycles. The van der Waals surface area contributed by atoms with Gasteiger partial charge in [0, 0.05) is 5.56 Å². The van der Waals surface area contributed by atoms with E-state index in [-0.39, 0.29) is 12.1 Å². The lowest BCUT2D eigenvalue weighted by Crippen LogP contribution is -2.44. The van der Waals surface area contributed by atoms with Crippen molar-refractivity contribution >= 4 is 17.7 Å². The second-order valence-electron chi connectivity index (χ2n) is 6.27. The number of halogens is 1. The van der Waals surface area contributed by atoms with Gasteiger partial charge in [0.1, 0.15) is 11.4 Å². The van der Waals surface area contributed by atoms with E-state index in [0.29, 0.717) is 18.4 Å². The SMILES string of the molecule is CCC[C@@]1(c2ccccc2)NC(=O)N(CC(=O)c2ccc(F)cc2)C1=O. The number of hydrogen-bond donors (Lipinski definition) is 1. The molecule has 0 saturated carbocycles. The second-order valence-corrected chi connectivity index (χ2v) is 6.27. The third-order valence-corrected chi connectivity index (χ3v) is 4.54. The highest BCUT2D eigenvalue weighted by atomic mass is 19.1. The van der Waals surface area contributed by atoms with Crippen molar-refractivity contribution in [2.45, 2.75) is 25.3 Å². The molecule has 1 saturated heterocycles. The number of nitrogens with one attached hydrogen (secondary N) is 1. The van der Waals surface area contributed by atoms with E-state index in [1.165, 1.54) is 24.3 Å². The van der Waals surface area contributed by atoms with Gasteiger partial charge in [0.2, 0.25) is 0 Å². The number of nitrogens with zero attached hydrogens (tertiary/aromatic N) is 1. The molecular weight excluding hydrogens is 335 g/mol. The summed E-state index contributed by atoms with van der Waals surface area (Å²) in [5.74, 6) is -1.32. The molecule has 134 valence electrons. The zero-order chi connectivity index (χ0) is 18.7. The van der Waals surface area contributed by atoms with E-state index in [2.05, 4.69) is 5.32 Å². The van der Waals surface area contributed by atoms with E-state index >= 15 is 0 Å². The minimum atomic E-state index is -1.16. The number of benzene rings is 2. The largest absolute Gasteiger partial charge is 0.325 e. The topological polar surface area (TPSA) is 66.5 Å². The first-order chi connectivity index (χ1) is 12.5. The number of carbonyl (C=O) groups excluding carboxylic acids is 3. The van der Waals surface area contributed by atoms with Crippen LogP contribution in [-0.4, -0.2) is 29.2 Å². The Morgan fingerprint density at radius 3 is 2.35 bits per heavy atom. The number of ketones is 1. The Labute approximate surface area is 150 Å². The Kier molecular flexibility index (Phi) is 4.84. The van der Waals surface area contributed by atoms with Gasteiger partial charge in [-0.25, -0.2) is 9.18 Å². The summed E-state index contributed by atoms with van der Waals surface area (Å²) < 4.78 is 13.0. The Morgan fingerprint density at radius 2 is 1.73 bits per heavy atom. The van der Waals surface area contributed by atoms with Gasteiger partial charge in [-0.2, -0.15) is 0 Å². The summed E-state index contributed by atoms with van der Waals surface area (Å²) in [5, 5.41) is 2.78. The van der Waals surface area contributed by atoms with Crippen LogP contribution in [0.4, 0.5) is 9.18 Å². The highest BCUT2D eigenvalue weighted by Gasteiger charge is 2.52. The maximum Gasteiger partial charge on any atom is 0.325 e. The van der Waals surface area contributed by atoms with Gasteiger partial charge in [0.25, 0.3) is 5.91 Å². The van der Waals surface area contributed by atoms with E-state index in [4.69, 9.17) is 0 Å². The van der Waals surface area contributed by atoms with Crippen LogP contribution in [0.15, 0.2) is 54.6 Å². The summed E-state index contributed by atoms with van der Waals surface area (Å²) in [6.07, 6.45) is 1.11. The fourth-order valence-corrected chi connectivity index (χ4v) is 3.25. The minimum Gasteiger partial charge on any atom is -0.319 e. The van der Waals surface area contributed by atoms with E-state index in [9.17, 15) is 18.8 Å². The van der Waals surface area contributed by atoms with Gasteiger partial charge in [0.05, 0.1) is 6.54 Å². The van der Waals surface area contributed by atoms with Gasteiger partial charge in [-0.05, 0) is 36.2 Å². The summed E-state index contributed by atoms with van der Waals surface area (Å²) in [7, 11) is 0. The molecule has 1 aliphatic heterocycles. The van der Waals surface area contributed by atoms with Gasteiger partial charge < -0.3 is 5.32 Å². The summed E-state index contributed by atoms with van der Waals surface area (Å²) in [6, 6.07) is 13.5. The van der Waals surface area contributed by atoms with Crippen LogP contribution in [0.2, 0.25) is 0 Å². The van der Waals surface area contributed by atoms with E-state index in [0.717, 1.165) is 4.90 Å². The number of hydrogen-bond acceptors (Lipinski definition) is 3. The molecule has 1 fully saturated rings. The van der Waals surface area contributed by atoms with Gasteiger partial charge >= 0.3 is 6.03 Å². The Balaban J connectivity index is 1.88. The van der Waals surface area contributed by atoms with Crippen LogP contribution in [0.25, 0.3) is 0 Å². The molecule has 2 aromatic rings. The number of urea groups is 1. The molecule has 0 aliphatic carbocycles. The molecule has 0 bridgehead atoms. The quantitative estimate of drug-likeness (QED) is 0.640. The van der Waals surface area contributed by atoms with Gasteiger partial charge in [0.15, 0.2) is 5.78 Å². The molecule has 5 nitrogen and oxygen atoms in total. The van der Waals surface area contributed by atoms with E-state index in [1.54, 1.807) is 24.3 Å². The average Bonchev–Trinajstić information content (AvgIpc) is 2.88.